The molecule has 1 heterocycles. The van der Waals surface area contributed by atoms with E-state index in [2.05, 4.69) is 4.98 Å². The van der Waals surface area contributed by atoms with Crippen LogP contribution in [0.15, 0.2) is 21.9 Å². The Hall–Kier alpha value is -1.40. The Morgan fingerprint density at radius 3 is 2.53 bits per heavy atom. The summed E-state index contributed by atoms with van der Waals surface area (Å²) < 4.78 is 6.78. The van der Waals surface area contributed by atoms with Crippen molar-refractivity contribution in [2.45, 2.75) is 39.0 Å². The summed E-state index contributed by atoms with van der Waals surface area (Å²) in [5, 5.41) is 9.24. The number of H-pyrrole nitrogens is 1. The molecular formula is C11H18N2O4. The van der Waals surface area contributed by atoms with Crippen molar-refractivity contribution in [3.63, 3.8) is 0 Å². The Morgan fingerprint density at radius 2 is 2.06 bits per heavy atom. The number of hydrogen-bond donors (Lipinski definition) is 2. The highest BCUT2D eigenvalue weighted by molar-refractivity contribution is 4.84. The van der Waals surface area contributed by atoms with Crippen molar-refractivity contribution in [2.24, 2.45) is 0 Å². The molecule has 0 radical (unpaired) electrons. The van der Waals surface area contributed by atoms with Crippen molar-refractivity contribution in [1.29, 1.82) is 0 Å². The van der Waals surface area contributed by atoms with Crippen LogP contribution in [0.5, 0.6) is 0 Å². The Morgan fingerprint density at radius 1 is 1.41 bits per heavy atom. The van der Waals surface area contributed by atoms with Crippen molar-refractivity contribution < 1.29 is 9.84 Å². The normalized spacial score (nSPS) is 12.9. The zero-order chi connectivity index (χ0) is 12.8. The summed E-state index contributed by atoms with van der Waals surface area (Å²) in [5.74, 6) is 0. The van der Waals surface area contributed by atoms with Gasteiger partial charge in [-0.15, -0.1) is 0 Å². The highest BCUT2D eigenvalue weighted by Gasteiger charge is 2.16. The number of hydrogen-bond acceptors (Lipinski definition) is 4. The van der Waals surface area contributed by atoms with Crippen LogP contribution in [0.3, 0.4) is 0 Å². The fraction of sp³-hybridized carbons (Fsp3) is 0.636. The summed E-state index contributed by atoms with van der Waals surface area (Å²) in [6.07, 6.45) is 2.14. The molecule has 0 spiro atoms. The highest BCUT2D eigenvalue weighted by Crippen LogP contribution is 2.12. The molecule has 0 fully saturated rings. The van der Waals surface area contributed by atoms with E-state index in [9.17, 15) is 14.7 Å². The summed E-state index contributed by atoms with van der Waals surface area (Å²) >= 11 is 0. The summed E-state index contributed by atoms with van der Waals surface area (Å²) in [5.41, 5.74) is -1.05. The monoisotopic (exact) mass is 242 g/mol. The molecule has 96 valence electrons. The summed E-state index contributed by atoms with van der Waals surface area (Å²) in [6, 6.07) is 1.22. The van der Waals surface area contributed by atoms with Gasteiger partial charge < -0.3 is 9.84 Å². The first-order valence-corrected chi connectivity index (χ1v) is 5.70. The molecule has 17 heavy (non-hydrogen) atoms. The predicted octanol–water partition coefficient (Wildman–Crippen LogP) is 0.233. The zero-order valence-electron chi connectivity index (χ0n) is 10.0. The van der Waals surface area contributed by atoms with E-state index < -0.39 is 17.5 Å². The fourth-order valence-electron chi connectivity index (χ4n) is 1.55. The molecule has 0 aromatic carbocycles. The van der Waals surface area contributed by atoms with E-state index in [-0.39, 0.29) is 12.7 Å². The van der Waals surface area contributed by atoms with Gasteiger partial charge in [0.05, 0.1) is 12.7 Å². The van der Waals surface area contributed by atoms with Crippen LogP contribution in [0.2, 0.25) is 0 Å². The van der Waals surface area contributed by atoms with Crippen molar-refractivity contribution in [3.8, 4) is 0 Å². The number of aliphatic hydroxyl groups excluding tert-OH is 1. The standard InChI is InChI=1S/C11H18N2O4/c1-3-8(4-2)17-10(7-14)13-6-5-9(15)12-11(13)16/h5-6,8,10,14H,3-4,7H2,1-2H3,(H,12,15,16)/t10-/m1/s1. The first kappa shape index (κ1) is 13.7. The maximum Gasteiger partial charge on any atom is 0.330 e. The second-order valence-corrected chi connectivity index (χ2v) is 3.73. The molecule has 0 aliphatic rings. The van der Waals surface area contributed by atoms with E-state index in [4.69, 9.17) is 4.74 Å². The van der Waals surface area contributed by atoms with Gasteiger partial charge in [-0.25, -0.2) is 4.79 Å². The summed E-state index contributed by atoms with van der Waals surface area (Å²) in [6.45, 7) is 3.62. The number of aromatic nitrogens is 2. The van der Waals surface area contributed by atoms with Gasteiger partial charge in [-0.2, -0.15) is 0 Å². The zero-order valence-corrected chi connectivity index (χ0v) is 10.0. The third-order valence-corrected chi connectivity index (χ3v) is 2.58. The molecule has 6 heteroatoms. The molecule has 0 unspecified atom stereocenters. The van der Waals surface area contributed by atoms with Gasteiger partial charge >= 0.3 is 5.69 Å². The van der Waals surface area contributed by atoms with Gasteiger partial charge in [-0.1, -0.05) is 13.8 Å². The SMILES string of the molecule is CCC(CC)O[C@H](CO)n1ccc(=O)[nH]c1=O. The highest BCUT2D eigenvalue weighted by atomic mass is 16.5. The summed E-state index contributed by atoms with van der Waals surface area (Å²) in [4.78, 5) is 24.6. The average Bonchev–Trinajstić information content (AvgIpc) is 2.32. The topological polar surface area (TPSA) is 84.3 Å². The van der Waals surface area contributed by atoms with Crippen LogP contribution >= 0.6 is 0 Å². The Labute approximate surface area is 98.9 Å². The second kappa shape index (κ2) is 6.36. The van der Waals surface area contributed by atoms with Crippen molar-refractivity contribution in [3.05, 3.63) is 33.1 Å². The van der Waals surface area contributed by atoms with Gasteiger partial charge in [0.25, 0.3) is 5.56 Å². The molecule has 1 rings (SSSR count). The van der Waals surface area contributed by atoms with Crippen LogP contribution in [0.4, 0.5) is 0 Å². The number of aliphatic hydroxyl groups is 1. The average molecular weight is 242 g/mol. The first-order valence-electron chi connectivity index (χ1n) is 5.70. The molecule has 1 aromatic rings. The van der Waals surface area contributed by atoms with Gasteiger partial charge in [0.15, 0.2) is 6.23 Å². The van der Waals surface area contributed by atoms with E-state index >= 15 is 0 Å². The lowest BCUT2D eigenvalue weighted by molar-refractivity contribution is -0.0845. The maximum absolute atomic E-state index is 11.5. The molecule has 2 N–H and O–H groups in total. The molecule has 0 bridgehead atoms. The van der Waals surface area contributed by atoms with Gasteiger partial charge in [-0.05, 0) is 12.8 Å². The predicted molar refractivity (Wildman–Crippen MR) is 62.9 cm³/mol. The van der Waals surface area contributed by atoms with E-state index in [0.717, 1.165) is 12.8 Å². The first-order chi connectivity index (χ1) is 8.12. The minimum absolute atomic E-state index is 0.0222. The lowest BCUT2D eigenvalue weighted by atomic mass is 10.2. The van der Waals surface area contributed by atoms with Crippen LogP contribution in [-0.2, 0) is 4.74 Å². The van der Waals surface area contributed by atoms with Crippen LogP contribution < -0.4 is 11.2 Å². The summed E-state index contributed by atoms with van der Waals surface area (Å²) in [7, 11) is 0. The van der Waals surface area contributed by atoms with E-state index in [1.807, 2.05) is 13.8 Å². The van der Waals surface area contributed by atoms with E-state index in [0.29, 0.717) is 0 Å². The minimum Gasteiger partial charge on any atom is -0.392 e. The lowest BCUT2D eigenvalue weighted by Crippen LogP contribution is -2.35. The maximum atomic E-state index is 11.5. The van der Waals surface area contributed by atoms with Gasteiger partial charge in [0.2, 0.25) is 0 Å². The molecule has 0 saturated heterocycles. The third-order valence-electron chi connectivity index (χ3n) is 2.58. The Balaban J connectivity index is 2.93. The number of ether oxygens (including phenoxy) is 1. The van der Waals surface area contributed by atoms with Gasteiger partial charge in [0.1, 0.15) is 0 Å². The Bertz CT molecular complexity index is 447. The number of nitrogens with one attached hydrogen (secondary N) is 1. The molecule has 0 aliphatic heterocycles. The van der Waals surface area contributed by atoms with Crippen LogP contribution in [0, 0.1) is 0 Å². The lowest BCUT2D eigenvalue weighted by Gasteiger charge is -2.23. The van der Waals surface area contributed by atoms with E-state index in [1.165, 1.54) is 16.8 Å². The van der Waals surface area contributed by atoms with Crippen LogP contribution in [0.25, 0.3) is 0 Å². The molecule has 6 nitrogen and oxygen atoms in total. The third kappa shape index (κ3) is 3.54. The quantitative estimate of drug-likeness (QED) is 0.748. The van der Waals surface area contributed by atoms with Crippen molar-refractivity contribution >= 4 is 0 Å². The van der Waals surface area contributed by atoms with Gasteiger partial charge in [-0.3, -0.25) is 14.3 Å². The van der Waals surface area contributed by atoms with Gasteiger partial charge in [0, 0.05) is 12.3 Å². The molecule has 0 amide bonds. The molecule has 0 aliphatic carbocycles. The number of aromatic amines is 1. The largest absolute Gasteiger partial charge is 0.392 e. The molecule has 0 saturated carbocycles. The van der Waals surface area contributed by atoms with Crippen LogP contribution in [0.1, 0.15) is 32.9 Å². The Kier molecular flexibility index (Phi) is 5.11. The van der Waals surface area contributed by atoms with Crippen molar-refractivity contribution in [1.82, 2.24) is 9.55 Å². The van der Waals surface area contributed by atoms with Crippen molar-refractivity contribution in [2.75, 3.05) is 6.61 Å². The number of rotatable bonds is 6. The fourth-order valence-corrected chi connectivity index (χ4v) is 1.55. The molecule has 1 atom stereocenters. The molecule has 1 aromatic heterocycles. The van der Waals surface area contributed by atoms with Crippen LogP contribution in [-0.4, -0.2) is 27.4 Å². The second-order valence-electron chi connectivity index (χ2n) is 3.73. The molecular weight excluding hydrogens is 224 g/mol. The smallest absolute Gasteiger partial charge is 0.330 e. The number of nitrogens with zero attached hydrogens (tertiary/aromatic N) is 1. The van der Waals surface area contributed by atoms with E-state index in [1.54, 1.807) is 0 Å². The minimum atomic E-state index is -0.760.